The molecule has 0 aliphatic carbocycles. The standard InChI is InChI=1S/C15H21ClN2O2/c16-13-5-1-2-6-14(13)18-11-9-17(10-12-18)8-4-3-7-15(19)20/h1-2,5-6H,3-4,7-12H2,(H,19,20). The van der Waals surface area contributed by atoms with E-state index in [4.69, 9.17) is 11.6 Å². The molecule has 20 heavy (non-hydrogen) atoms. The van der Waals surface area contributed by atoms with Crippen molar-refractivity contribution in [3.8, 4) is 0 Å². The zero-order chi connectivity index (χ0) is 14.4. The first-order chi connectivity index (χ1) is 9.66. The molecule has 5 heteroatoms. The lowest BCUT2D eigenvalue weighted by molar-refractivity contribution is -0.900. The van der Waals surface area contributed by atoms with Gasteiger partial charge in [-0.05, 0) is 31.4 Å². The molecule has 4 nitrogen and oxygen atoms in total. The second-order valence-corrected chi connectivity index (χ2v) is 5.67. The highest BCUT2D eigenvalue weighted by atomic mass is 35.5. The van der Waals surface area contributed by atoms with Gasteiger partial charge in [-0.15, -0.1) is 0 Å². The molecule has 0 radical (unpaired) electrons. The first-order valence-corrected chi connectivity index (χ1v) is 7.57. The molecule has 0 saturated carbocycles. The maximum Gasteiger partial charge on any atom is 0.0949 e. The Morgan fingerprint density at radius 3 is 2.60 bits per heavy atom. The Morgan fingerprint density at radius 1 is 1.25 bits per heavy atom. The van der Waals surface area contributed by atoms with Crippen LogP contribution in [0.4, 0.5) is 5.69 Å². The van der Waals surface area contributed by atoms with E-state index in [0.717, 1.165) is 56.3 Å². The maximum absolute atomic E-state index is 10.3. The smallest absolute Gasteiger partial charge is 0.0949 e. The van der Waals surface area contributed by atoms with Crippen molar-refractivity contribution in [2.75, 3.05) is 37.6 Å². The van der Waals surface area contributed by atoms with Gasteiger partial charge in [-0.2, -0.15) is 0 Å². The number of piperazine rings is 1. The molecule has 0 amide bonds. The number of nitrogens with one attached hydrogen (secondary N) is 1. The minimum absolute atomic E-state index is 0.180. The lowest BCUT2D eigenvalue weighted by atomic mass is 10.2. The van der Waals surface area contributed by atoms with Crippen LogP contribution in [0.5, 0.6) is 0 Å². The molecule has 0 bridgehead atoms. The highest BCUT2D eigenvalue weighted by Gasteiger charge is 2.20. The van der Waals surface area contributed by atoms with Gasteiger partial charge in [0.1, 0.15) is 0 Å². The summed E-state index contributed by atoms with van der Waals surface area (Å²) in [5, 5.41) is 11.2. The van der Waals surface area contributed by atoms with Crippen LogP contribution in [0.1, 0.15) is 19.3 Å². The number of rotatable bonds is 6. The zero-order valence-electron chi connectivity index (χ0n) is 11.6. The number of nitrogens with zero attached hydrogens (tertiary/aromatic N) is 1. The average molecular weight is 297 g/mol. The third-order valence-electron chi connectivity index (χ3n) is 3.82. The van der Waals surface area contributed by atoms with Gasteiger partial charge in [0.15, 0.2) is 0 Å². The van der Waals surface area contributed by atoms with E-state index < -0.39 is 5.97 Å². The van der Waals surface area contributed by atoms with Gasteiger partial charge in [0, 0.05) is 5.97 Å². The van der Waals surface area contributed by atoms with Crippen molar-refractivity contribution in [2.24, 2.45) is 0 Å². The van der Waals surface area contributed by atoms with E-state index in [0.29, 0.717) is 0 Å². The van der Waals surface area contributed by atoms with Crippen LogP contribution in [-0.2, 0) is 4.79 Å². The zero-order valence-corrected chi connectivity index (χ0v) is 12.4. The molecule has 1 fully saturated rings. The normalized spacial score (nSPS) is 16.4. The molecule has 1 aliphatic heterocycles. The van der Waals surface area contributed by atoms with Crippen molar-refractivity contribution in [3.05, 3.63) is 29.3 Å². The number of hydrogen-bond acceptors (Lipinski definition) is 3. The summed E-state index contributed by atoms with van der Waals surface area (Å²) in [6, 6.07) is 7.95. The number of para-hydroxylation sites is 1. The van der Waals surface area contributed by atoms with Gasteiger partial charge in [0.25, 0.3) is 0 Å². The summed E-state index contributed by atoms with van der Waals surface area (Å²) < 4.78 is 0. The fourth-order valence-corrected chi connectivity index (χ4v) is 2.92. The van der Waals surface area contributed by atoms with E-state index in [-0.39, 0.29) is 6.42 Å². The second-order valence-electron chi connectivity index (χ2n) is 5.27. The van der Waals surface area contributed by atoms with Gasteiger partial charge in [-0.3, -0.25) is 0 Å². The summed E-state index contributed by atoms with van der Waals surface area (Å²) >= 11 is 6.22. The summed E-state index contributed by atoms with van der Waals surface area (Å²) in [4.78, 5) is 14.2. The van der Waals surface area contributed by atoms with Crippen molar-refractivity contribution in [1.82, 2.24) is 0 Å². The highest BCUT2D eigenvalue weighted by Crippen LogP contribution is 2.24. The largest absolute Gasteiger partial charge is 0.550 e. The van der Waals surface area contributed by atoms with Gasteiger partial charge in [0.05, 0.1) is 43.4 Å². The number of aliphatic carboxylic acids is 1. The molecule has 1 N–H and O–H groups in total. The summed E-state index contributed by atoms with van der Waals surface area (Å²) in [7, 11) is 0. The van der Waals surface area contributed by atoms with Crippen LogP contribution in [-0.4, -0.2) is 38.7 Å². The van der Waals surface area contributed by atoms with E-state index in [1.54, 1.807) is 4.90 Å². The van der Waals surface area contributed by atoms with Crippen LogP contribution in [0.25, 0.3) is 0 Å². The number of carbonyl (C=O) groups excluding carboxylic acids is 1. The lowest BCUT2D eigenvalue weighted by Crippen LogP contribution is -3.14. The Labute approximate surface area is 124 Å². The Balaban J connectivity index is 1.73. The summed E-state index contributed by atoms with van der Waals surface area (Å²) in [6.07, 6.45) is 1.86. The fourth-order valence-electron chi connectivity index (χ4n) is 2.67. The van der Waals surface area contributed by atoms with Crippen LogP contribution in [0.3, 0.4) is 0 Å². The molecule has 1 saturated heterocycles. The number of benzene rings is 1. The van der Waals surface area contributed by atoms with Gasteiger partial charge in [-0.1, -0.05) is 23.7 Å². The Kier molecular flexibility index (Phi) is 5.68. The number of halogens is 1. The van der Waals surface area contributed by atoms with E-state index in [1.165, 1.54) is 0 Å². The van der Waals surface area contributed by atoms with Gasteiger partial charge >= 0.3 is 0 Å². The van der Waals surface area contributed by atoms with Gasteiger partial charge in [-0.25, -0.2) is 0 Å². The van der Waals surface area contributed by atoms with Crippen LogP contribution in [0.2, 0.25) is 5.02 Å². The van der Waals surface area contributed by atoms with Crippen molar-refractivity contribution in [3.63, 3.8) is 0 Å². The Morgan fingerprint density at radius 2 is 1.95 bits per heavy atom. The maximum atomic E-state index is 10.3. The minimum atomic E-state index is -0.941. The number of carboxylic acid groups (broad SMARTS) is 1. The van der Waals surface area contributed by atoms with E-state index >= 15 is 0 Å². The number of carbonyl (C=O) groups is 1. The molecule has 0 spiro atoms. The van der Waals surface area contributed by atoms with Crippen molar-refractivity contribution < 1.29 is 14.8 Å². The molecular weight excluding hydrogens is 276 g/mol. The fraction of sp³-hybridized carbons (Fsp3) is 0.533. The van der Waals surface area contributed by atoms with Crippen LogP contribution in [0, 0.1) is 0 Å². The number of quaternary nitrogens is 1. The first kappa shape index (κ1) is 15.1. The molecule has 1 aromatic carbocycles. The predicted molar refractivity (Wildman–Crippen MR) is 78.1 cm³/mol. The molecule has 1 aromatic rings. The highest BCUT2D eigenvalue weighted by molar-refractivity contribution is 6.33. The third kappa shape index (κ3) is 4.39. The Bertz CT molecular complexity index is 445. The quantitative estimate of drug-likeness (QED) is 0.750. The van der Waals surface area contributed by atoms with E-state index in [2.05, 4.69) is 11.0 Å². The summed E-state index contributed by atoms with van der Waals surface area (Å²) in [5.74, 6) is -0.941. The topological polar surface area (TPSA) is 47.8 Å². The second kappa shape index (κ2) is 7.50. The van der Waals surface area contributed by atoms with Crippen molar-refractivity contribution in [2.45, 2.75) is 19.3 Å². The molecular formula is C15H21ClN2O2. The van der Waals surface area contributed by atoms with Crippen LogP contribution >= 0.6 is 11.6 Å². The number of hydrogen-bond donors (Lipinski definition) is 1. The lowest BCUT2D eigenvalue weighted by Gasteiger charge is -2.34. The third-order valence-corrected chi connectivity index (χ3v) is 4.14. The minimum Gasteiger partial charge on any atom is -0.550 e. The van der Waals surface area contributed by atoms with Gasteiger partial charge < -0.3 is 19.7 Å². The Hall–Kier alpha value is -1.26. The SMILES string of the molecule is O=C([O-])CCCC[NH+]1CCN(c2ccccc2Cl)CC1. The molecule has 2 rings (SSSR count). The monoisotopic (exact) mass is 296 g/mol. The molecule has 110 valence electrons. The van der Waals surface area contributed by atoms with Gasteiger partial charge in [0.2, 0.25) is 0 Å². The number of unbranched alkanes of at least 4 members (excludes halogenated alkanes) is 1. The van der Waals surface area contributed by atoms with Crippen molar-refractivity contribution in [1.29, 1.82) is 0 Å². The first-order valence-electron chi connectivity index (χ1n) is 7.19. The molecule has 0 atom stereocenters. The predicted octanol–water partition coefficient (Wildman–Crippen LogP) is -0.0349. The summed E-state index contributed by atoms with van der Waals surface area (Å²) in [6.45, 7) is 5.20. The number of carboxylic acids is 1. The molecule has 0 unspecified atom stereocenters. The molecule has 1 aliphatic rings. The van der Waals surface area contributed by atoms with Crippen LogP contribution < -0.4 is 14.9 Å². The van der Waals surface area contributed by atoms with E-state index in [1.807, 2.05) is 18.2 Å². The molecule has 1 heterocycles. The van der Waals surface area contributed by atoms with Crippen molar-refractivity contribution >= 4 is 23.3 Å². The van der Waals surface area contributed by atoms with Crippen LogP contribution in [0.15, 0.2) is 24.3 Å². The molecule has 0 aromatic heterocycles. The van der Waals surface area contributed by atoms with E-state index in [9.17, 15) is 9.90 Å². The number of anilines is 1. The average Bonchev–Trinajstić information content (AvgIpc) is 2.45. The summed E-state index contributed by atoms with van der Waals surface area (Å²) in [5.41, 5.74) is 1.12.